The number of carbonyl (C=O) groups is 1. The van der Waals surface area contributed by atoms with Gasteiger partial charge in [-0.2, -0.15) is 0 Å². The number of hydrogen-bond donors (Lipinski definition) is 2. The summed E-state index contributed by atoms with van der Waals surface area (Å²) in [4.78, 5) is 19.0. The molecular weight excluding hydrogens is 463 g/mol. The van der Waals surface area contributed by atoms with Crippen LogP contribution in [0.2, 0.25) is 0 Å². The predicted octanol–water partition coefficient (Wildman–Crippen LogP) is 5.94. The Morgan fingerprint density at radius 3 is 2.58 bits per heavy atom. The highest BCUT2D eigenvalue weighted by Crippen LogP contribution is 2.37. The number of hydrogen-bond acceptors (Lipinski definition) is 5. The number of carbonyl (C=O) groups excluding carboxylic acids is 1. The highest BCUT2D eigenvalue weighted by Gasteiger charge is 2.40. The van der Waals surface area contributed by atoms with E-state index in [1.165, 1.54) is 6.07 Å². The fourth-order valence-electron chi connectivity index (χ4n) is 4.02. The van der Waals surface area contributed by atoms with Crippen molar-refractivity contribution in [3.05, 3.63) is 28.6 Å². The van der Waals surface area contributed by atoms with Crippen LogP contribution >= 0.6 is 15.9 Å². The minimum Gasteiger partial charge on any atom is -0.444 e. The van der Waals surface area contributed by atoms with Gasteiger partial charge < -0.3 is 20.7 Å². The molecule has 1 amide bonds. The van der Waals surface area contributed by atoms with Crippen LogP contribution in [0, 0.1) is 11.2 Å². The van der Waals surface area contributed by atoms with Gasteiger partial charge in [-0.1, -0.05) is 20.8 Å². The zero-order chi connectivity index (χ0) is 23.1. The van der Waals surface area contributed by atoms with Crippen molar-refractivity contribution < 1.29 is 13.9 Å². The van der Waals surface area contributed by atoms with E-state index in [0.29, 0.717) is 22.2 Å². The molecule has 1 fully saturated rings. The van der Waals surface area contributed by atoms with E-state index >= 15 is 0 Å². The molecule has 3 rings (SSSR count). The molecule has 1 aliphatic heterocycles. The summed E-state index contributed by atoms with van der Waals surface area (Å²) < 4.78 is 20.0. The number of pyridine rings is 1. The van der Waals surface area contributed by atoms with E-state index in [-0.39, 0.29) is 29.4 Å². The van der Waals surface area contributed by atoms with Crippen LogP contribution in [-0.2, 0) is 4.74 Å². The number of nitrogens with two attached hydrogens (primary N) is 1. The summed E-state index contributed by atoms with van der Waals surface area (Å²) in [6, 6.07) is 3.19. The van der Waals surface area contributed by atoms with Gasteiger partial charge in [0.15, 0.2) is 0 Å². The average Bonchev–Trinajstić information content (AvgIpc) is 2.63. The summed E-state index contributed by atoms with van der Waals surface area (Å²) in [5, 5.41) is 4.32. The maximum absolute atomic E-state index is 14.0. The summed E-state index contributed by atoms with van der Waals surface area (Å²) in [5.41, 5.74) is 7.36. The Labute approximate surface area is 191 Å². The number of aromatic nitrogens is 1. The first-order chi connectivity index (χ1) is 14.3. The van der Waals surface area contributed by atoms with E-state index in [0.717, 1.165) is 23.9 Å². The van der Waals surface area contributed by atoms with Crippen molar-refractivity contribution in [3.8, 4) is 0 Å². The second-order valence-electron chi connectivity index (χ2n) is 10.3. The van der Waals surface area contributed by atoms with Crippen LogP contribution in [0.25, 0.3) is 10.9 Å². The van der Waals surface area contributed by atoms with Crippen molar-refractivity contribution >= 4 is 44.3 Å². The molecule has 0 radical (unpaired) electrons. The lowest BCUT2D eigenvalue weighted by Gasteiger charge is -2.46. The number of nitrogens with zero attached hydrogens (tertiary/aromatic N) is 2. The number of anilines is 2. The quantitative estimate of drug-likeness (QED) is 0.539. The molecule has 31 heavy (non-hydrogen) atoms. The van der Waals surface area contributed by atoms with Crippen molar-refractivity contribution in [2.24, 2.45) is 5.41 Å². The lowest BCUT2D eigenvalue weighted by molar-refractivity contribution is -0.00868. The number of ether oxygens (including phenoxy) is 1. The second-order valence-corrected chi connectivity index (χ2v) is 11.1. The minimum atomic E-state index is -0.540. The molecule has 0 bridgehead atoms. The van der Waals surface area contributed by atoms with Crippen molar-refractivity contribution in [2.75, 3.05) is 17.6 Å². The van der Waals surface area contributed by atoms with Gasteiger partial charge in [-0.25, -0.2) is 9.18 Å². The topological polar surface area (TPSA) is 80.5 Å². The number of nitrogen functional groups attached to an aromatic ring is 1. The first-order valence-electron chi connectivity index (χ1n) is 10.6. The Balaban J connectivity index is 1.87. The van der Waals surface area contributed by atoms with Gasteiger partial charge in [0, 0.05) is 30.1 Å². The highest BCUT2D eigenvalue weighted by atomic mass is 79.9. The first kappa shape index (κ1) is 23.6. The Bertz CT molecular complexity index is 984. The number of likely N-dealkylation sites (tertiary alicyclic amines) is 1. The maximum Gasteiger partial charge on any atom is 0.410 e. The van der Waals surface area contributed by atoms with Gasteiger partial charge in [0.1, 0.15) is 11.4 Å². The van der Waals surface area contributed by atoms with E-state index < -0.39 is 5.60 Å². The molecule has 2 atom stereocenters. The number of rotatable bonds is 2. The molecule has 1 aromatic carbocycles. The molecule has 2 heterocycles. The second kappa shape index (κ2) is 8.45. The molecule has 0 saturated carbocycles. The number of nitrogens with one attached hydrogen (secondary N) is 1. The van der Waals surface area contributed by atoms with Crippen LogP contribution in [0.1, 0.15) is 54.4 Å². The number of piperidine rings is 1. The normalized spacial score (nSPS) is 20.1. The summed E-state index contributed by atoms with van der Waals surface area (Å²) in [7, 11) is 0. The third-order valence-electron chi connectivity index (χ3n) is 5.52. The third-order valence-corrected chi connectivity index (χ3v) is 6.13. The van der Waals surface area contributed by atoms with Crippen LogP contribution in [0.4, 0.5) is 20.6 Å². The van der Waals surface area contributed by atoms with Crippen molar-refractivity contribution in [2.45, 2.75) is 72.1 Å². The van der Waals surface area contributed by atoms with E-state index in [1.54, 1.807) is 12.3 Å². The summed E-state index contributed by atoms with van der Waals surface area (Å²) in [6.45, 7) is 12.6. The molecule has 2 unspecified atom stereocenters. The van der Waals surface area contributed by atoms with Gasteiger partial charge >= 0.3 is 6.09 Å². The minimum absolute atomic E-state index is 0.00731. The lowest BCUT2D eigenvalue weighted by Crippen LogP contribution is -2.55. The van der Waals surface area contributed by atoms with Crippen LogP contribution in [0.15, 0.2) is 22.8 Å². The molecule has 170 valence electrons. The zero-order valence-corrected chi connectivity index (χ0v) is 20.6. The van der Waals surface area contributed by atoms with Crippen molar-refractivity contribution in [1.82, 2.24) is 9.88 Å². The highest BCUT2D eigenvalue weighted by molar-refractivity contribution is 9.10. The summed E-state index contributed by atoms with van der Waals surface area (Å²) in [5.74, 6) is -0.366. The van der Waals surface area contributed by atoms with Crippen molar-refractivity contribution in [1.29, 1.82) is 0 Å². The SMILES string of the molecule is CC(C)(C)OC(=O)N1CCC(Nc2c(N)cnc3cc(F)c(Br)cc23)CC1C(C)(C)C. The number of fused-ring (bicyclic) bond motifs is 1. The molecule has 1 aromatic heterocycles. The van der Waals surface area contributed by atoms with E-state index in [9.17, 15) is 9.18 Å². The average molecular weight is 495 g/mol. The van der Waals surface area contributed by atoms with Gasteiger partial charge in [0.25, 0.3) is 0 Å². The number of halogens is 2. The molecule has 0 aliphatic carbocycles. The maximum atomic E-state index is 14.0. The van der Waals surface area contributed by atoms with Crippen LogP contribution in [0.5, 0.6) is 0 Å². The fraction of sp³-hybridized carbons (Fsp3) is 0.565. The zero-order valence-electron chi connectivity index (χ0n) is 19.1. The predicted molar refractivity (Wildman–Crippen MR) is 127 cm³/mol. The van der Waals surface area contributed by atoms with E-state index in [1.807, 2.05) is 25.7 Å². The molecule has 8 heteroatoms. The van der Waals surface area contributed by atoms with E-state index in [2.05, 4.69) is 47.0 Å². The number of benzene rings is 1. The van der Waals surface area contributed by atoms with Crippen LogP contribution in [-0.4, -0.2) is 40.2 Å². The molecular formula is C23H32BrFN4O2. The Morgan fingerprint density at radius 1 is 1.29 bits per heavy atom. The summed E-state index contributed by atoms with van der Waals surface area (Å²) >= 11 is 3.25. The summed E-state index contributed by atoms with van der Waals surface area (Å²) in [6.07, 6.45) is 2.76. The smallest absolute Gasteiger partial charge is 0.410 e. The monoisotopic (exact) mass is 494 g/mol. The molecule has 6 nitrogen and oxygen atoms in total. The van der Waals surface area contributed by atoms with Gasteiger partial charge in [0.2, 0.25) is 0 Å². The van der Waals surface area contributed by atoms with E-state index in [4.69, 9.17) is 10.5 Å². The molecule has 2 aromatic rings. The third kappa shape index (κ3) is 5.40. The van der Waals surface area contributed by atoms with Gasteiger partial charge in [0.05, 0.1) is 27.6 Å². The Hall–Kier alpha value is -2.09. The molecule has 1 aliphatic rings. The van der Waals surface area contributed by atoms with Gasteiger partial charge in [-0.15, -0.1) is 0 Å². The van der Waals surface area contributed by atoms with Gasteiger partial charge in [-0.05, 0) is 61.0 Å². The van der Waals surface area contributed by atoms with Crippen molar-refractivity contribution in [3.63, 3.8) is 0 Å². The molecule has 0 spiro atoms. The molecule has 1 saturated heterocycles. The standard InChI is InChI=1S/C23H32BrFN4O2/c1-22(2,3)19-9-13(7-8-29(19)21(30)31-23(4,5)6)28-20-14-10-15(24)16(25)11-18(14)27-12-17(20)26/h10-13,19H,7-9,26H2,1-6H3,(H,27,28). The Morgan fingerprint density at radius 2 is 1.97 bits per heavy atom. The van der Waals surface area contributed by atoms with Gasteiger partial charge in [-0.3, -0.25) is 4.98 Å². The Kier molecular flexibility index (Phi) is 6.42. The van der Waals surface area contributed by atoms with Crippen LogP contribution in [0.3, 0.4) is 0 Å². The number of amides is 1. The largest absolute Gasteiger partial charge is 0.444 e. The lowest BCUT2D eigenvalue weighted by atomic mass is 9.79. The fourth-order valence-corrected chi connectivity index (χ4v) is 4.37. The van der Waals surface area contributed by atoms with Crippen LogP contribution < -0.4 is 11.1 Å². The first-order valence-corrected chi connectivity index (χ1v) is 11.3. The molecule has 3 N–H and O–H groups in total.